The Labute approximate surface area is 146 Å². The van der Waals surface area contributed by atoms with E-state index in [4.69, 9.17) is 21.1 Å². The first-order valence-electron chi connectivity index (χ1n) is 7.80. The summed E-state index contributed by atoms with van der Waals surface area (Å²) < 4.78 is 10.5. The highest BCUT2D eigenvalue weighted by Crippen LogP contribution is 2.31. The van der Waals surface area contributed by atoms with Crippen molar-refractivity contribution in [3.63, 3.8) is 0 Å². The van der Waals surface area contributed by atoms with Gasteiger partial charge < -0.3 is 19.9 Å². The van der Waals surface area contributed by atoms with Crippen molar-refractivity contribution >= 4 is 23.5 Å². The fourth-order valence-corrected chi connectivity index (χ4v) is 3.22. The van der Waals surface area contributed by atoms with E-state index in [9.17, 15) is 14.7 Å². The first-order chi connectivity index (χ1) is 11.4. The van der Waals surface area contributed by atoms with E-state index in [-0.39, 0.29) is 18.4 Å². The van der Waals surface area contributed by atoms with Gasteiger partial charge in [-0.3, -0.25) is 4.79 Å². The molecule has 0 unspecified atom stereocenters. The summed E-state index contributed by atoms with van der Waals surface area (Å²) in [5.41, 5.74) is -0.572. The molecule has 1 amide bonds. The number of carboxylic acid groups (broad SMARTS) is 1. The number of amides is 1. The van der Waals surface area contributed by atoms with Gasteiger partial charge in [-0.05, 0) is 37.8 Å². The van der Waals surface area contributed by atoms with Crippen molar-refractivity contribution < 1.29 is 24.2 Å². The van der Waals surface area contributed by atoms with Crippen molar-refractivity contribution in [3.8, 4) is 5.75 Å². The Morgan fingerprint density at radius 2 is 2.00 bits per heavy atom. The monoisotopic (exact) mass is 355 g/mol. The summed E-state index contributed by atoms with van der Waals surface area (Å²) in [6.07, 6.45) is 1.99. The summed E-state index contributed by atoms with van der Waals surface area (Å²) in [6.45, 7) is 0. The second kappa shape index (κ2) is 7.85. The molecular weight excluding hydrogens is 334 g/mol. The molecule has 132 valence electrons. The number of methoxy groups -OCH3 is 2. The summed E-state index contributed by atoms with van der Waals surface area (Å²) in [4.78, 5) is 24.1. The second-order valence-corrected chi connectivity index (χ2v) is 6.44. The number of benzene rings is 1. The van der Waals surface area contributed by atoms with E-state index >= 15 is 0 Å². The fourth-order valence-electron chi connectivity index (χ4n) is 3.06. The lowest BCUT2D eigenvalue weighted by molar-refractivity contribution is -0.150. The van der Waals surface area contributed by atoms with Gasteiger partial charge in [0.05, 0.1) is 19.6 Å². The molecule has 0 heterocycles. The molecule has 0 spiro atoms. The molecule has 6 nitrogen and oxygen atoms in total. The van der Waals surface area contributed by atoms with Gasteiger partial charge in [0.1, 0.15) is 11.3 Å². The van der Waals surface area contributed by atoms with Crippen molar-refractivity contribution in [3.05, 3.63) is 28.8 Å². The summed E-state index contributed by atoms with van der Waals surface area (Å²) in [7, 11) is 3.11. The molecule has 0 bridgehead atoms. The van der Waals surface area contributed by atoms with Gasteiger partial charge in [-0.25, -0.2) is 4.79 Å². The number of carbonyl (C=O) groups excluding carboxylic acids is 1. The lowest BCUT2D eigenvalue weighted by atomic mass is 9.80. The molecule has 1 aromatic rings. The lowest BCUT2D eigenvalue weighted by Crippen LogP contribution is -2.57. The maximum absolute atomic E-state index is 12.4. The van der Waals surface area contributed by atoms with Crippen molar-refractivity contribution in [1.29, 1.82) is 0 Å². The molecule has 1 aliphatic carbocycles. The van der Waals surface area contributed by atoms with Crippen LogP contribution in [0, 0.1) is 0 Å². The molecular formula is C17H22ClNO5. The molecule has 7 heteroatoms. The van der Waals surface area contributed by atoms with Gasteiger partial charge in [-0.1, -0.05) is 17.7 Å². The van der Waals surface area contributed by atoms with Gasteiger partial charge in [-0.15, -0.1) is 0 Å². The minimum Gasteiger partial charge on any atom is -0.496 e. The highest BCUT2D eigenvalue weighted by molar-refractivity contribution is 6.30. The third kappa shape index (κ3) is 4.19. The number of carbonyl (C=O) groups is 2. The van der Waals surface area contributed by atoms with Crippen LogP contribution in [0.4, 0.5) is 0 Å². The van der Waals surface area contributed by atoms with Crippen LogP contribution >= 0.6 is 11.6 Å². The van der Waals surface area contributed by atoms with Crippen LogP contribution in [0.15, 0.2) is 18.2 Å². The minimum absolute atomic E-state index is 0.0308. The molecule has 0 aromatic heterocycles. The predicted octanol–water partition coefficient (Wildman–Crippen LogP) is 2.42. The van der Waals surface area contributed by atoms with E-state index in [1.54, 1.807) is 25.3 Å². The maximum Gasteiger partial charge on any atom is 0.329 e. The molecule has 2 rings (SSSR count). The molecule has 1 aliphatic rings. The Kier molecular flexibility index (Phi) is 6.07. The predicted molar refractivity (Wildman–Crippen MR) is 89.5 cm³/mol. The molecule has 1 fully saturated rings. The molecule has 2 N–H and O–H groups in total. The molecule has 1 saturated carbocycles. The normalized spacial score (nSPS) is 23.5. The SMILES string of the molecule is COc1cc(Cl)ccc1CC(=O)NC1(C(=O)O)CCC(OC)CC1. The highest BCUT2D eigenvalue weighted by atomic mass is 35.5. The quantitative estimate of drug-likeness (QED) is 0.818. The van der Waals surface area contributed by atoms with E-state index in [1.165, 1.54) is 7.11 Å². The van der Waals surface area contributed by atoms with Crippen LogP contribution in [-0.2, 0) is 20.7 Å². The Morgan fingerprint density at radius 1 is 1.33 bits per heavy atom. The number of ether oxygens (including phenoxy) is 2. The number of hydrogen-bond donors (Lipinski definition) is 2. The van der Waals surface area contributed by atoms with Crippen LogP contribution in [0.3, 0.4) is 0 Å². The molecule has 0 atom stereocenters. The fraction of sp³-hybridized carbons (Fsp3) is 0.529. The average Bonchev–Trinajstić information content (AvgIpc) is 2.56. The minimum atomic E-state index is -1.23. The number of halogens is 1. The van der Waals surface area contributed by atoms with Gasteiger partial charge in [0.2, 0.25) is 5.91 Å². The molecule has 1 aromatic carbocycles. The zero-order chi connectivity index (χ0) is 17.7. The van der Waals surface area contributed by atoms with Crippen LogP contribution in [-0.4, -0.2) is 42.8 Å². The number of carboxylic acids is 1. The average molecular weight is 356 g/mol. The number of hydrogen-bond acceptors (Lipinski definition) is 4. The smallest absolute Gasteiger partial charge is 0.329 e. The van der Waals surface area contributed by atoms with Crippen molar-refractivity contribution in [2.45, 2.75) is 43.7 Å². The molecule has 0 radical (unpaired) electrons. The van der Waals surface area contributed by atoms with Crippen LogP contribution in [0.5, 0.6) is 5.75 Å². The van der Waals surface area contributed by atoms with Gasteiger partial charge in [0.25, 0.3) is 0 Å². The van der Waals surface area contributed by atoms with E-state index in [2.05, 4.69) is 5.32 Å². The first-order valence-corrected chi connectivity index (χ1v) is 8.17. The van der Waals surface area contributed by atoms with Crippen molar-refractivity contribution in [1.82, 2.24) is 5.32 Å². The Bertz CT molecular complexity index is 611. The van der Waals surface area contributed by atoms with Gasteiger partial charge in [0, 0.05) is 17.7 Å². The van der Waals surface area contributed by atoms with Crippen LogP contribution in [0.2, 0.25) is 5.02 Å². The number of nitrogens with one attached hydrogen (secondary N) is 1. The van der Waals surface area contributed by atoms with E-state index in [0.717, 1.165) is 0 Å². The van der Waals surface area contributed by atoms with E-state index in [0.29, 0.717) is 42.0 Å². The zero-order valence-corrected chi connectivity index (χ0v) is 14.6. The Hall–Kier alpha value is -1.79. The van der Waals surface area contributed by atoms with Crippen LogP contribution in [0.1, 0.15) is 31.2 Å². The maximum atomic E-state index is 12.4. The third-order valence-corrected chi connectivity index (χ3v) is 4.74. The summed E-state index contributed by atoms with van der Waals surface area (Å²) >= 11 is 5.91. The van der Waals surface area contributed by atoms with E-state index in [1.807, 2.05) is 0 Å². The van der Waals surface area contributed by atoms with Gasteiger partial charge in [-0.2, -0.15) is 0 Å². The Morgan fingerprint density at radius 3 is 2.54 bits per heavy atom. The van der Waals surface area contributed by atoms with Gasteiger partial charge in [0.15, 0.2) is 0 Å². The molecule has 0 saturated heterocycles. The molecule has 24 heavy (non-hydrogen) atoms. The van der Waals surface area contributed by atoms with Crippen LogP contribution < -0.4 is 10.1 Å². The second-order valence-electron chi connectivity index (χ2n) is 6.00. The third-order valence-electron chi connectivity index (χ3n) is 4.51. The highest BCUT2D eigenvalue weighted by Gasteiger charge is 2.43. The summed E-state index contributed by atoms with van der Waals surface area (Å²) in [5.74, 6) is -0.854. The van der Waals surface area contributed by atoms with Crippen LogP contribution in [0.25, 0.3) is 0 Å². The van der Waals surface area contributed by atoms with Crippen molar-refractivity contribution in [2.75, 3.05) is 14.2 Å². The topological polar surface area (TPSA) is 84.9 Å². The summed E-state index contributed by atoms with van der Waals surface area (Å²) in [6, 6.07) is 5.00. The Balaban J connectivity index is 2.08. The van der Waals surface area contributed by atoms with Crippen molar-refractivity contribution in [2.24, 2.45) is 0 Å². The summed E-state index contributed by atoms with van der Waals surface area (Å²) in [5, 5.41) is 12.8. The lowest BCUT2D eigenvalue weighted by Gasteiger charge is -2.37. The molecule has 0 aliphatic heterocycles. The first kappa shape index (κ1) is 18.5. The van der Waals surface area contributed by atoms with E-state index < -0.39 is 11.5 Å². The standard InChI is InChI=1S/C17H22ClNO5/c1-23-13-5-7-17(8-6-13,16(21)22)19-15(20)9-11-3-4-12(18)10-14(11)24-2/h3-4,10,13H,5-9H2,1-2H3,(H,19,20)(H,21,22). The number of aliphatic carboxylic acids is 1. The van der Waals surface area contributed by atoms with Gasteiger partial charge >= 0.3 is 5.97 Å². The number of rotatable bonds is 6. The zero-order valence-electron chi connectivity index (χ0n) is 13.8. The largest absolute Gasteiger partial charge is 0.496 e.